The molecule has 4 rings (SSSR count). The van der Waals surface area contributed by atoms with E-state index in [1.807, 2.05) is 0 Å². The van der Waals surface area contributed by atoms with Gasteiger partial charge in [-0.25, -0.2) is 4.98 Å². The third kappa shape index (κ3) is 2.97. The minimum Gasteiger partial charge on any atom is -0.329 e. The van der Waals surface area contributed by atoms with Gasteiger partial charge in [0.2, 0.25) is 0 Å². The topological polar surface area (TPSA) is 35.1 Å². The summed E-state index contributed by atoms with van der Waals surface area (Å²) in [5.41, 5.74) is 11.3. The minimum absolute atomic E-state index is 0.457. The van der Waals surface area contributed by atoms with Gasteiger partial charge in [-0.15, -0.1) is 0 Å². The molecule has 0 radical (unpaired) electrons. The van der Waals surface area contributed by atoms with Crippen LogP contribution in [-0.2, 0) is 0 Å². The molecule has 0 fully saturated rings. The molecule has 30 heavy (non-hydrogen) atoms. The molecule has 156 valence electrons. The lowest BCUT2D eigenvalue weighted by Crippen LogP contribution is -2.09. The fourth-order valence-corrected chi connectivity index (χ4v) is 4.80. The maximum absolute atomic E-state index is 5.03. The Bertz CT molecular complexity index is 1260. The Morgan fingerprint density at radius 1 is 1.00 bits per heavy atom. The normalized spacial score (nSPS) is 11.9. The van der Waals surface area contributed by atoms with Crippen LogP contribution in [0.1, 0.15) is 67.7 Å². The van der Waals surface area contributed by atoms with E-state index in [1.165, 1.54) is 27.6 Å². The number of allylic oxidation sites excluding steroid dienone is 1. The summed E-state index contributed by atoms with van der Waals surface area (Å²) in [6.45, 7) is 19.2. The summed E-state index contributed by atoms with van der Waals surface area (Å²) in [4.78, 5) is 5.03. The number of nitrogens with zero attached hydrogens (tertiary/aromatic N) is 4. The quantitative estimate of drug-likeness (QED) is 0.362. The maximum Gasteiger partial charge on any atom is 0.165 e. The highest BCUT2D eigenvalue weighted by Gasteiger charge is 2.22. The molecule has 0 saturated carbocycles. The van der Waals surface area contributed by atoms with E-state index in [-0.39, 0.29) is 0 Å². The summed E-state index contributed by atoms with van der Waals surface area (Å²) >= 11 is 0. The molecule has 4 heteroatoms. The zero-order valence-corrected chi connectivity index (χ0v) is 19.3. The highest BCUT2D eigenvalue weighted by Crippen LogP contribution is 2.36. The Morgan fingerprint density at radius 2 is 1.63 bits per heavy atom. The van der Waals surface area contributed by atoms with Gasteiger partial charge in [-0.2, -0.15) is 9.61 Å². The molecule has 0 saturated heterocycles. The minimum atomic E-state index is 0.457. The average Bonchev–Trinajstić information content (AvgIpc) is 3.25. The number of aromatic nitrogens is 4. The van der Waals surface area contributed by atoms with Crippen molar-refractivity contribution in [1.29, 1.82) is 0 Å². The van der Waals surface area contributed by atoms with Crippen LogP contribution >= 0.6 is 0 Å². The fourth-order valence-electron chi connectivity index (χ4n) is 4.80. The number of hydrogen-bond acceptors (Lipinski definition) is 2. The van der Waals surface area contributed by atoms with Crippen molar-refractivity contribution in [3.05, 3.63) is 59.1 Å². The van der Waals surface area contributed by atoms with Gasteiger partial charge in [0.25, 0.3) is 0 Å². The molecule has 0 bridgehead atoms. The lowest BCUT2D eigenvalue weighted by molar-refractivity contribution is 0.480. The van der Waals surface area contributed by atoms with Crippen LogP contribution < -0.4 is 0 Å². The summed E-state index contributed by atoms with van der Waals surface area (Å²) in [5.74, 6) is 0. The van der Waals surface area contributed by atoms with E-state index in [2.05, 4.69) is 88.5 Å². The summed E-state index contributed by atoms with van der Waals surface area (Å²) in [6, 6.07) is 7.10. The third-order valence-corrected chi connectivity index (χ3v) is 6.40. The molecule has 0 N–H and O–H groups in total. The van der Waals surface area contributed by atoms with Crippen molar-refractivity contribution in [3.8, 4) is 11.1 Å². The zero-order valence-electron chi connectivity index (χ0n) is 19.3. The molecule has 0 aliphatic rings. The average molecular weight is 401 g/mol. The number of rotatable bonds is 5. The van der Waals surface area contributed by atoms with Gasteiger partial charge in [0.05, 0.1) is 17.0 Å². The third-order valence-electron chi connectivity index (χ3n) is 6.40. The van der Waals surface area contributed by atoms with Crippen LogP contribution in [0.15, 0.2) is 31.0 Å². The van der Waals surface area contributed by atoms with Crippen molar-refractivity contribution in [3.63, 3.8) is 0 Å². The lowest BCUT2D eigenvalue weighted by Gasteiger charge is -2.17. The molecule has 1 aromatic carbocycles. The second-order valence-electron chi connectivity index (χ2n) is 8.59. The van der Waals surface area contributed by atoms with Crippen LogP contribution in [-0.4, -0.2) is 19.2 Å². The Balaban J connectivity index is 2.08. The van der Waals surface area contributed by atoms with Crippen molar-refractivity contribution >= 4 is 22.3 Å². The number of fused-ring (bicyclic) bond motifs is 3. The Kier molecular flexibility index (Phi) is 5.05. The number of aryl methyl sites for hydroxylation is 4. The van der Waals surface area contributed by atoms with E-state index in [4.69, 9.17) is 10.1 Å². The van der Waals surface area contributed by atoms with Crippen LogP contribution in [0.25, 0.3) is 33.4 Å². The first-order valence-electron chi connectivity index (χ1n) is 10.9. The second-order valence-corrected chi connectivity index (χ2v) is 8.59. The van der Waals surface area contributed by atoms with E-state index in [1.54, 1.807) is 0 Å². The Labute approximate surface area is 179 Å². The highest BCUT2D eigenvalue weighted by atomic mass is 15.3. The van der Waals surface area contributed by atoms with Crippen LogP contribution in [0.5, 0.6) is 0 Å². The standard InChI is InChI=1S/C26H32N4/c1-9-21(10-2)29-12-11-22-18(7)27-25-24(19(8)28-30(25)26(22)29)23-16(5)13-20(15(3)4)14-17(23)6/h11-14,21H,3,9-10H2,1-2,4-8H3. The molecular weight excluding hydrogens is 368 g/mol. The fraction of sp³-hybridized carbons (Fsp3) is 0.385. The van der Waals surface area contributed by atoms with E-state index in [0.717, 1.165) is 46.7 Å². The predicted octanol–water partition coefficient (Wildman–Crippen LogP) is 6.98. The highest BCUT2D eigenvalue weighted by molar-refractivity contribution is 5.90. The van der Waals surface area contributed by atoms with Gasteiger partial charge in [0.1, 0.15) is 5.65 Å². The molecule has 0 amide bonds. The maximum atomic E-state index is 5.03. The van der Waals surface area contributed by atoms with Crippen molar-refractivity contribution in [2.75, 3.05) is 0 Å². The number of hydrogen-bond donors (Lipinski definition) is 0. The number of benzene rings is 1. The first-order chi connectivity index (χ1) is 14.3. The summed E-state index contributed by atoms with van der Waals surface area (Å²) < 4.78 is 4.45. The largest absolute Gasteiger partial charge is 0.329 e. The first-order valence-corrected chi connectivity index (χ1v) is 10.9. The SMILES string of the molecule is C=C(C)c1cc(C)c(-c2c(C)nn3c2nc(C)c2ccn(C(CC)CC)c23)c(C)c1. The molecule has 3 aromatic heterocycles. The molecule has 0 aliphatic carbocycles. The van der Waals surface area contributed by atoms with Crippen molar-refractivity contribution in [2.45, 2.75) is 67.3 Å². The van der Waals surface area contributed by atoms with Gasteiger partial charge in [0.15, 0.2) is 5.65 Å². The van der Waals surface area contributed by atoms with Crippen molar-refractivity contribution in [1.82, 2.24) is 19.2 Å². The molecule has 0 unspecified atom stereocenters. The molecular formula is C26H32N4. The van der Waals surface area contributed by atoms with E-state index in [9.17, 15) is 0 Å². The molecule has 4 aromatic rings. The van der Waals surface area contributed by atoms with Gasteiger partial charge in [0, 0.05) is 17.6 Å². The van der Waals surface area contributed by atoms with Crippen LogP contribution in [0.2, 0.25) is 0 Å². The molecule has 0 atom stereocenters. The van der Waals surface area contributed by atoms with E-state index < -0.39 is 0 Å². The van der Waals surface area contributed by atoms with Gasteiger partial charge in [-0.05, 0) is 75.8 Å². The molecule has 0 spiro atoms. The van der Waals surface area contributed by atoms with Crippen LogP contribution in [0, 0.1) is 27.7 Å². The smallest absolute Gasteiger partial charge is 0.165 e. The Hall–Kier alpha value is -2.88. The Morgan fingerprint density at radius 3 is 2.20 bits per heavy atom. The molecule has 0 aliphatic heterocycles. The zero-order chi connectivity index (χ0) is 21.7. The van der Waals surface area contributed by atoms with E-state index in [0.29, 0.717) is 6.04 Å². The molecule has 3 heterocycles. The monoisotopic (exact) mass is 400 g/mol. The predicted molar refractivity (Wildman–Crippen MR) is 127 cm³/mol. The van der Waals surface area contributed by atoms with E-state index >= 15 is 0 Å². The van der Waals surface area contributed by atoms with Crippen LogP contribution in [0.3, 0.4) is 0 Å². The van der Waals surface area contributed by atoms with Gasteiger partial charge in [-0.1, -0.05) is 38.1 Å². The summed E-state index contributed by atoms with van der Waals surface area (Å²) in [6.07, 6.45) is 4.39. The lowest BCUT2D eigenvalue weighted by atomic mass is 9.92. The second kappa shape index (κ2) is 7.42. The first kappa shape index (κ1) is 20.4. The molecule has 4 nitrogen and oxygen atoms in total. The van der Waals surface area contributed by atoms with Gasteiger partial charge >= 0.3 is 0 Å². The van der Waals surface area contributed by atoms with Crippen molar-refractivity contribution < 1.29 is 0 Å². The van der Waals surface area contributed by atoms with Crippen LogP contribution in [0.4, 0.5) is 0 Å². The summed E-state index contributed by atoms with van der Waals surface area (Å²) in [7, 11) is 0. The summed E-state index contributed by atoms with van der Waals surface area (Å²) in [5, 5.41) is 6.17. The van der Waals surface area contributed by atoms with Gasteiger partial charge < -0.3 is 4.57 Å². The van der Waals surface area contributed by atoms with Crippen molar-refractivity contribution in [2.24, 2.45) is 0 Å². The van der Waals surface area contributed by atoms with Gasteiger partial charge in [-0.3, -0.25) is 0 Å².